The van der Waals surface area contributed by atoms with E-state index in [1.54, 1.807) is 0 Å². The maximum Gasteiger partial charge on any atom is 0.187 e. The Morgan fingerprint density at radius 3 is 2.90 bits per heavy atom. The number of aliphatic hydroxyl groups excluding tert-OH is 1. The summed E-state index contributed by atoms with van der Waals surface area (Å²) in [5.41, 5.74) is 5.50. The minimum absolute atomic E-state index is 0.0755. The zero-order valence-electron chi connectivity index (χ0n) is 5.09. The van der Waals surface area contributed by atoms with Crippen molar-refractivity contribution in [3.8, 4) is 0 Å². The zero-order valence-corrected chi connectivity index (χ0v) is 5.90. The van der Waals surface area contributed by atoms with E-state index in [1.165, 1.54) is 6.08 Å². The first-order valence-corrected chi connectivity index (χ1v) is 3.08. The second-order valence-electron chi connectivity index (χ2n) is 1.95. The van der Waals surface area contributed by atoms with Crippen LogP contribution in [0.25, 0.3) is 0 Å². The van der Waals surface area contributed by atoms with Crippen molar-refractivity contribution in [3.05, 3.63) is 12.0 Å². The van der Waals surface area contributed by atoms with Gasteiger partial charge in [0.1, 0.15) is 4.99 Å². The Bertz CT molecular complexity index is 223. The summed E-state index contributed by atoms with van der Waals surface area (Å²) in [6.07, 6.45) is 1.33. The molecule has 0 fully saturated rings. The fraction of sp³-hybridized carbons (Fsp3) is 0.200. The standard InChI is InChI=1S/C5H7N3OS/c6-2-1-3(9)8-5(10)4(2)7/h1-2,7,9H,6H2,(H,8,10). The summed E-state index contributed by atoms with van der Waals surface area (Å²) in [7, 11) is 0. The van der Waals surface area contributed by atoms with Gasteiger partial charge in [0.2, 0.25) is 0 Å². The van der Waals surface area contributed by atoms with E-state index in [2.05, 4.69) is 17.5 Å². The van der Waals surface area contributed by atoms with Gasteiger partial charge < -0.3 is 21.6 Å². The topological polar surface area (TPSA) is 82.1 Å². The zero-order chi connectivity index (χ0) is 7.72. The molecule has 0 bridgehead atoms. The van der Waals surface area contributed by atoms with Gasteiger partial charge in [0.15, 0.2) is 5.88 Å². The van der Waals surface area contributed by atoms with Crippen LogP contribution < -0.4 is 11.1 Å². The first-order valence-electron chi connectivity index (χ1n) is 2.67. The van der Waals surface area contributed by atoms with Crippen LogP contribution in [0.3, 0.4) is 0 Å². The fourth-order valence-corrected chi connectivity index (χ4v) is 0.871. The monoisotopic (exact) mass is 157 g/mol. The summed E-state index contributed by atoms with van der Waals surface area (Å²) in [6, 6.07) is -0.575. The van der Waals surface area contributed by atoms with E-state index in [0.717, 1.165) is 0 Å². The summed E-state index contributed by atoms with van der Waals surface area (Å²) < 4.78 is 0. The van der Waals surface area contributed by atoms with Crippen molar-refractivity contribution in [2.45, 2.75) is 6.04 Å². The number of aliphatic hydroxyl groups is 1. The summed E-state index contributed by atoms with van der Waals surface area (Å²) in [5, 5.41) is 18.5. The van der Waals surface area contributed by atoms with Crippen LogP contribution in [-0.2, 0) is 0 Å². The molecular weight excluding hydrogens is 150 g/mol. The third kappa shape index (κ3) is 1.14. The molecule has 4 nitrogen and oxygen atoms in total. The molecule has 0 saturated heterocycles. The Hall–Kier alpha value is -0.940. The van der Waals surface area contributed by atoms with E-state index >= 15 is 0 Å². The summed E-state index contributed by atoms with van der Waals surface area (Å²) >= 11 is 4.67. The van der Waals surface area contributed by atoms with E-state index in [0.29, 0.717) is 0 Å². The number of hydrogen-bond acceptors (Lipinski definition) is 4. The van der Waals surface area contributed by atoms with Gasteiger partial charge in [0.05, 0.1) is 11.8 Å². The Morgan fingerprint density at radius 2 is 2.40 bits per heavy atom. The lowest BCUT2D eigenvalue weighted by Gasteiger charge is -2.17. The van der Waals surface area contributed by atoms with Crippen LogP contribution in [0, 0.1) is 5.41 Å². The molecule has 5 heteroatoms. The second-order valence-corrected chi connectivity index (χ2v) is 2.35. The van der Waals surface area contributed by atoms with E-state index < -0.39 is 6.04 Å². The van der Waals surface area contributed by atoms with Gasteiger partial charge in [-0.1, -0.05) is 12.2 Å². The molecule has 1 atom stereocenters. The number of nitrogens with one attached hydrogen (secondary N) is 2. The predicted molar refractivity (Wildman–Crippen MR) is 42.1 cm³/mol. The summed E-state index contributed by atoms with van der Waals surface area (Å²) in [5.74, 6) is -0.0755. The molecule has 0 aliphatic carbocycles. The van der Waals surface area contributed by atoms with E-state index in [9.17, 15) is 0 Å². The van der Waals surface area contributed by atoms with Crippen molar-refractivity contribution < 1.29 is 5.11 Å². The maximum atomic E-state index is 8.85. The molecule has 1 aliphatic heterocycles. The number of nitrogens with two attached hydrogens (primary N) is 1. The normalized spacial score (nSPS) is 25.7. The van der Waals surface area contributed by atoms with Gasteiger partial charge in [-0.25, -0.2) is 0 Å². The summed E-state index contributed by atoms with van der Waals surface area (Å²) in [4.78, 5) is 0.188. The van der Waals surface area contributed by atoms with Crippen molar-refractivity contribution in [2.24, 2.45) is 5.73 Å². The van der Waals surface area contributed by atoms with Crippen LogP contribution in [0.1, 0.15) is 0 Å². The molecular formula is C5H7N3OS. The minimum atomic E-state index is -0.575. The maximum absolute atomic E-state index is 8.85. The van der Waals surface area contributed by atoms with Crippen LogP contribution in [-0.4, -0.2) is 21.8 Å². The largest absolute Gasteiger partial charge is 0.495 e. The highest BCUT2D eigenvalue weighted by atomic mass is 32.1. The van der Waals surface area contributed by atoms with Gasteiger partial charge in [-0.2, -0.15) is 0 Å². The average Bonchev–Trinajstić information content (AvgIpc) is 1.82. The predicted octanol–water partition coefficient (Wildman–Crippen LogP) is -0.337. The highest BCUT2D eigenvalue weighted by Crippen LogP contribution is 1.98. The average molecular weight is 157 g/mol. The molecule has 1 unspecified atom stereocenters. The Kier molecular flexibility index (Phi) is 1.69. The molecule has 0 spiro atoms. The SMILES string of the molecule is N=C1C(=S)NC(O)=CC1N. The molecule has 0 aromatic carbocycles. The molecule has 5 N–H and O–H groups in total. The Morgan fingerprint density at radius 1 is 1.80 bits per heavy atom. The van der Waals surface area contributed by atoms with Crippen LogP contribution in [0.4, 0.5) is 0 Å². The first kappa shape index (κ1) is 7.17. The highest BCUT2D eigenvalue weighted by Gasteiger charge is 2.18. The van der Waals surface area contributed by atoms with Gasteiger partial charge in [0, 0.05) is 0 Å². The Labute approximate surface area is 63.2 Å². The molecule has 1 aliphatic rings. The van der Waals surface area contributed by atoms with E-state index in [1.807, 2.05) is 0 Å². The van der Waals surface area contributed by atoms with Crippen LogP contribution in [0.15, 0.2) is 12.0 Å². The lowest BCUT2D eigenvalue weighted by molar-refractivity contribution is 0.384. The van der Waals surface area contributed by atoms with Gasteiger partial charge in [-0.05, 0) is 6.08 Å². The van der Waals surface area contributed by atoms with Gasteiger partial charge in [0.25, 0.3) is 0 Å². The van der Waals surface area contributed by atoms with Crippen molar-refractivity contribution in [3.63, 3.8) is 0 Å². The van der Waals surface area contributed by atoms with Crippen molar-refractivity contribution in [1.82, 2.24) is 5.32 Å². The van der Waals surface area contributed by atoms with Crippen LogP contribution >= 0.6 is 12.2 Å². The van der Waals surface area contributed by atoms with E-state index in [4.69, 9.17) is 16.2 Å². The summed E-state index contributed by atoms with van der Waals surface area (Å²) in [6.45, 7) is 0. The molecule has 0 radical (unpaired) electrons. The lowest BCUT2D eigenvalue weighted by Crippen LogP contribution is -2.44. The van der Waals surface area contributed by atoms with E-state index in [-0.39, 0.29) is 16.6 Å². The smallest absolute Gasteiger partial charge is 0.187 e. The molecule has 54 valence electrons. The molecule has 0 saturated carbocycles. The number of thiocarbonyl (C=S) groups is 1. The second kappa shape index (κ2) is 2.36. The lowest BCUT2D eigenvalue weighted by atomic mass is 10.1. The molecule has 1 heterocycles. The van der Waals surface area contributed by atoms with Crippen molar-refractivity contribution in [1.29, 1.82) is 5.41 Å². The van der Waals surface area contributed by atoms with Gasteiger partial charge in [-0.3, -0.25) is 0 Å². The van der Waals surface area contributed by atoms with Crippen LogP contribution in [0.5, 0.6) is 0 Å². The van der Waals surface area contributed by atoms with Gasteiger partial charge >= 0.3 is 0 Å². The number of rotatable bonds is 0. The Balaban J connectivity index is 2.89. The van der Waals surface area contributed by atoms with Crippen LogP contribution in [0.2, 0.25) is 0 Å². The molecule has 0 aromatic heterocycles. The highest BCUT2D eigenvalue weighted by molar-refractivity contribution is 7.82. The number of hydrogen-bond donors (Lipinski definition) is 4. The van der Waals surface area contributed by atoms with Gasteiger partial charge in [-0.15, -0.1) is 0 Å². The first-order chi connectivity index (χ1) is 4.61. The molecule has 10 heavy (non-hydrogen) atoms. The minimum Gasteiger partial charge on any atom is -0.495 e. The fourth-order valence-electron chi connectivity index (χ4n) is 0.630. The quantitative estimate of drug-likeness (QED) is 0.363. The molecule has 1 rings (SSSR count). The third-order valence-corrected chi connectivity index (χ3v) is 1.48. The van der Waals surface area contributed by atoms with Crippen molar-refractivity contribution >= 4 is 22.9 Å². The molecule has 0 aromatic rings. The molecule has 0 amide bonds. The third-order valence-electron chi connectivity index (χ3n) is 1.16. The van der Waals surface area contributed by atoms with Crippen molar-refractivity contribution in [2.75, 3.05) is 0 Å².